The lowest BCUT2D eigenvalue weighted by atomic mass is 10.1. The zero-order valence-electron chi connectivity index (χ0n) is 14.4. The molecule has 1 atom stereocenters. The molecule has 1 aliphatic heterocycles. The van der Waals surface area contributed by atoms with Gasteiger partial charge in [-0.05, 0) is 36.2 Å². The summed E-state index contributed by atoms with van der Waals surface area (Å²) < 4.78 is 16.9. The van der Waals surface area contributed by atoms with E-state index in [1.165, 1.54) is 4.57 Å². The molecule has 2 N–H and O–H groups in total. The number of amides is 1. The Kier molecular flexibility index (Phi) is 4.55. The zero-order valence-corrected chi connectivity index (χ0v) is 14.4. The molecule has 8 heteroatoms. The molecule has 0 fully saturated rings. The van der Waals surface area contributed by atoms with Gasteiger partial charge in [-0.3, -0.25) is 9.36 Å². The molecule has 27 heavy (non-hydrogen) atoms. The number of aromatic nitrogens is 1. The van der Waals surface area contributed by atoms with Crippen molar-refractivity contribution in [1.29, 1.82) is 0 Å². The fourth-order valence-electron chi connectivity index (χ4n) is 3.00. The van der Waals surface area contributed by atoms with Crippen LogP contribution in [0.3, 0.4) is 0 Å². The summed E-state index contributed by atoms with van der Waals surface area (Å²) in [5.74, 6) is 0.340. The van der Waals surface area contributed by atoms with Gasteiger partial charge in [0, 0.05) is 6.54 Å². The zero-order chi connectivity index (χ0) is 18.8. The number of carbonyl (C=O) groups excluding carboxylic acids is 1. The van der Waals surface area contributed by atoms with E-state index in [0.29, 0.717) is 34.6 Å². The summed E-state index contributed by atoms with van der Waals surface area (Å²) in [6, 6.07) is 12.2. The van der Waals surface area contributed by atoms with Gasteiger partial charge in [0.25, 0.3) is 0 Å². The first-order valence-electron chi connectivity index (χ1n) is 8.54. The molecule has 1 unspecified atom stereocenters. The van der Waals surface area contributed by atoms with Crippen LogP contribution in [-0.2, 0) is 11.3 Å². The van der Waals surface area contributed by atoms with Gasteiger partial charge in [0.1, 0.15) is 6.54 Å². The largest absolute Gasteiger partial charge is 0.454 e. The van der Waals surface area contributed by atoms with Crippen LogP contribution in [0.4, 0.5) is 0 Å². The van der Waals surface area contributed by atoms with E-state index in [1.54, 1.807) is 42.5 Å². The van der Waals surface area contributed by atoms with Crippen molar-refractivity contribution in [2.45, 2.75) is 19.1 Å². The monoisotopic (exact) mass is 370 g/mol. The summed E-state index contributed by atoms with van der Waals surface area (Å²) in [4.78, 5) is 24.0. The number of para-hydroxylation sites is 2. The normalized spacial score (nSPS) is 13.7. The van der Waals surface area contributed by atoms with Gasteiger partial charge in [0.05, 0.1) is 11.6 Å². The van der Waals surface area contributed by atoms with Crippen molar-refractivity contribution in [3.63, 3.8) is 0 Å². The average Bonchev–Trinajstić information content (AvgIpc) is 3.25. The van der Waals surface area contributed by atoms with Crippen LogP contribution in [0.25, 0.3) is 11.1 Å². The lowest BCUT2D eigenvalue weighted by Crippen LogP contribution is -2.32. The van der Waals surface area contributed by atoms with E-state index in [1.807, 2.05) is 0 Å². The average molecular weight is 370 g/mol. The van der Waals surface area contributed by atoms with Crippen LogP contribution in [-0.4, -0.2) is 28.9 Å². The number of benzene rings is 2. The topological polar surface area (TPSA) is 103 Å². The number of nitrogens with zero attached hydrogens (tertiary/aromatic N) is 1. The highest BCUT2D eigenvalue weighted by molar-refractivity contribution is 5.79. The number of ether oxygens (including phenoxy) is 2. The van der Waals surface area contributed by atoms with Crippen LogP contribution in [0.5, 0.6) is 11.5 Å². The minimum Gasteiger partial charge on any atom is -0.454 e. The first kappa shape index (κ1) is 17.2. The van der Waals surface area contributed by atoms with Gasteiger partial charge < -0.3 is 24.3 Å². The second kappa shape index (κ2) is 7.16. The standard InChI is InChI=1S/C19H18N2O6/c22-14(12-5-6-16-17(9-12)26-11-25-16)7-8-20-18(23)10-21-13-3-1-2-4-15(13)27-19(21)24/h1-6,9,14,22H,7-8,10-11H2,(H,20,23). The third-order valence-electron chi connectivity index (χ3n) is 4.40. The van der Waals surface area contributed by atoms with E-state index < -0.39 is 11.9 Å². The fraction of sp³-hybridized carbons (Fsp3) is 0.263. The molecule has 0 saturated heterocycles. The number of rotatable bonds is 6. The van der Waals surface area contributed by atoms with Crippen LogP contribution < -0.4 is 20.5 Å². The number of fused-ring (bicyclic) bond motifs is 2. The molecule has 2 heterocycles. The number of hydrogen-bond acceptors (Lipinski definition) is 6. The molecule has 8 nitrogen and oxygen atoms in total. The van der Waals surface area contributed by atoms with E-state index in [-0.39, 0.29) is 25.8 Å². The summed E-state index contributed by atoms with van der Waals surface area (Å²) in [5, 5.41) is 13.0. The molecule has 0 bridgehead atoms. The van der Waals surface area contributed by atoms with E-state index in [2.05, 4.69) is 5.32 Å². The molecule has 0 radical (unpaired) electrons. The Labute approximate surface area is 153 Å². The molecule has 0 aliphatic carbocycles. The van der Waals surface area contributed by atoms with Gasteiger partial charge in [-0.2, -0.15) is 0 Å². The van der Waals surface area contributed by atoms with Gasteiger partial charge in [0.15, 0.2) is 17.1 Å². The number of aliphatic hydroxyl groups is 1. The Morgan fingerprint density at radius 3 is 2.89 bits per heavy atom. The maximum Gasteiger partial charge on any atom is 0.420 e. The Bertz CT molecular complexity index is 1040. The second-order valence-corrected chi connectivity index (χ2v) is 6.19. The van der Waals surface area contributed by atoms with Gasteiger partial charge in [-0.15, -0.1) is 0 Å². The second-order valence-electron chi connectivity index (χ2n) is 6.19. The van der Waals surface area contributed by atoms with Crippen molar-refractivity contribution in [2.75, 3.05) is 13.3 Å². The lowest BCUT2D eigenvalue weighted by Gasteiger charge is -2.12. The summed E-state index contributed by atoms with van der Waals surface area (Å²) in [5.41, 5.74) is 1.69. The summed E-state index contributed by atoms with van der Waals surface area (Å²) in [6.07, 6.45) is -0.427. The highest BCUT2D eigenvalue weighted by Crippen LogP contribution is 2.34. The van der Waals surface area contributed by atoms with Crippen molar-refractivity contribution in [2.24, 2.45) is 0 Å². The number of hydrogen-bond donors (Lipinski definition) is 2. The Balaban J connectivity index is 1.33. The van der Waals surface area contributed by atoms with Gasteiger partial charge in [-0.25, -0.2) is 4.79 Å². The quantitative estimate of drug-likeness (QED) is 0.683. The number of carbonyl (C=O) groups is 1. The first-order chi connectivity index (χ1) is 13.1. The Morgan fingerprint density at radius 2 is 2.00 bits per heavy atom. The van der Waals surface area contributed by atoms with Crippen molar-refractivity contribution in [3.8, 4) is 11.5 Å². The minimum absolute atomic E-state index is 0.143. The Morgan fingerprint density at radius 1 is 1.19 bits per heavy atom. The van der Waals surface area contributed by atoms with Crippen molar-refractivity contribution in [3.05, 3.63) is 58.6 Å². The number of oxazole rings is 1. The molecular formula is C19H18N2O6. The van der Waals surface area contributed by atoms with E-state index in [4.69, 9.17) is 13.9 Å². The molecule has 0 spiro atoms. The maximum absolute atomic E-state index is 12.1. The molecule has 1 aliphatic rings. The lowest BCUT2D eigenvalue weighted by molar-refractivity contribution is -0.121. The van der Waals surface area contributed by atoms with Crippen molar-refractivity contribution in [1.82, 2.24) is 9.88 Å². The summed E-state index contributed by atoms with van der Waals surface area (Å²) in [6.45, 7) is 0.294. The van der Waals surface area contributed by atoms with Crippen LogP contribution in [0.1, 0.15) is 18.1 Å². The minimum atomic E-state index is -0.753. The predicted octanol–water partition coefficient (Wildman–Crippen LogP) is 1.56. The summed E-state index contributed by atoms with van der Waals surface area (Å²) in [7, 11) is 0. The molecule has 1 aromatic heterocycles. The molecule has 3 aromatic rings. The smallest absolute Gasteiger partial charge is 0.420 e. The fourth-order valence-corrected chi connectivity index (χ4v) is 3.00. The molecule has 1 amide bonds. The van der Waals surface area contributed by atoms with Crippen LogP contribution in [0.2, 0.25) is 0 Å². The third-order valence-corrected chi connectivity index (χ3v) is 4.40. The summed E-state index contributed by atoms with van der Waals surface area (Å²) >= 11 is 0. The van der Waals surface area contributed by atoms with Crippen LogP contribution >= 0.6 is 0 Å². The Hall–Kier alpha value is -3.26. The molecule has 0 saturated carbocycles. The SMILES string of the molecule is O=C(Cn1c(=O)oc2ccccc21)NCCC(O)c1ccc2c(c1)OCO2. The predicted molar refractivity (Wildman–Crippen MR) is 95.6 cm³/mol. The molecular weight excluding hydrogens is 352 g/mol. The third kappa shape index (κ3) is 3.52. The number of aliphatic hydroxyl groups excluding tert-OH is 1. The van der Waals surface area contributed by atoms with Gasteiger partial charge in [-0.1, -0.05) is 18.2 Å². The van der Waals surface area contributed by atoms with E-state index in [0.717, 1.165) is 0 Å². The highest BCUT2D eigenvalue weighted by Gasteiger charge is 2.17. The van der Waals surface area contributed by atoms with Gasteiger partial charge >= 0.3 is 5.76 Å². The highest BCUT2D eigenvalue weighted by atomic mass is 16.7. The molecule has 140 valence electrons. The van der Waals surface area contributed by atoms with Crippen molar-refractivity contribution < 1.29 is 23.8 Å². The van der Waals surface area contributed by atoms with Crippen LogP contribution in [0.15, 0.2) is 51.7 Å². The van der Waals surface area contributed by atoms with E-state index >= 15 is 0 Å². The van der Waals surface area contributed by atoms with Crippen LogP contribution in [0, 0.1) is 0 Å². The van der Waals surface area contributed by atoms with E-state index in [9.17, 15) is 14.7 Å². The molecule has 2 aromatic carbocycles. The number of nitrogens with one attached hydrogen (secondary N) is 1. The van der Waals surface area contributed by atoms with Gasteiger partial charge in [0.2, 0.25) is 12.7 Å². The maximum atomic E-state index is 12.1. The first-order valence-corrected chi connectivity index (χ1v) is 8.54. The van der Waals surface area contributed by atoms with Crippen molar-refractivity contribution >= 4 is 17.0 Å². The molecule has 4 rings (SSSR count).